The van der Waals surface area contributed by atoms with E-state index in [9.17, 15) is 14.3 Å². The minimum absolute atomic E-state index is 0.0843. The number of benzene rings is 1. The molecular weight excluding hydrogens is 383 g/mol. The Labute approximate surface area is 164 Å². The van der Waals surface area contributed by atoms with Crippen molar-refractivity contribution >= 4 is 17.2 Å². The summed E-state index contributed by atoms with van der Waals surface area (Å²) in [7, 11) is 0. The second kappa shape index (κ2) is 7.76. The van der Waals surface area contributed by atoms with Gasteiger partial charge in [0, 0.05) is 24.1 Å². The molecule has 1 saturated carbocycles. The smallest absolute Gasteiger partial charge is 0.290 e. The molecule has 4 rings (SSSR count). The van der Waals surface area contributed by atoms with Crippen molar-refractivity contribution in [3.8, 4) is 11.3 Å². The van der Waals surface area contributed by atoms with Gasteiger partial charge in [-0.05, 0) is 49.9 Å². The van der Waals surface area contributed by atoms with Crippen molar-refractivity contribution in [1.29, 1.82) is 0 Å². The van der Waals surface area contributed by atoms with Crippen LogP contribution in [0, 0.1) is 11.7 Å². The standard InChI is InChI=1S/C19H19FN4O3S/c1-10(25)19-23-22-17(28-19)8-11-6-14(7-11)21-18(26)16-9-15(24-27-16)12-2-4-13(20)5-3-12/h2-5,9-11,14,25H,6-8H2,1H3,(H,21,26). The van der Waals surface area contributed by atoms with Gasteiger partial charge < -0.3 is 14.9 Å². The summed E-state index contributed by atoms with van der Waals surface area (Å²) in [4.78, 5) is 12.3. The van der Waals surface area contributed by atoms with Crippen molar-refractivity contribution in [1.82, 2.24) is 20.7 Å². The highest BCUT2D eigenvalue weighted by Gasteiger charge is 2.32. The third-order valence-electron chi connectivity index (χ3n) is 4.75. The summed E-state index contributed by atoms with van der Waals surface area (Å²) < 4.78 is 18.1. The molecule has 0 radical (unpaired) electrons. The van der Waals surface area contributed by atoms with Gasteiger partial charge in [-0.1, -0.05) is 16.5 Å². The van der Waals surface area contributed by atoms with E-state index in [2.05, 4.69) is 20.7 Å². The second-order valence-electron chi connectivity index (χ2n) is 7.01. The average Bonchev–Trinajstić information content (AvgIpc) is 3.30. The number of aromatic nitrogens is 3. The molecule has 2 heterocycles. The van der Waals surface area contributed by atoms with Crippen molar-refractivity contribution in [3.63, 3.8) is 0 Å². The number of nitrogens with zero attached hydrogens (tertiary/aromatic N) is 3. The number of aliphatic hydroxyl groups excluding tert-OH is 1. The highest BCUT2D eigenvalue weighted by Crippen LogP contribution is 2.32. The van der Waals surface area contributed by atoms with E-state index >= 15 is 0 Å². The van der Waals surface area contributed by atoms with E-state index in [-0.39, 0.29) is 23.5 Å². The molecular formula is C19H19FN4O3S. The van der Waals surface area contributed by atoms with Crippen LogP contribution in [0.5, 0.6) is 0 Å². The Balaban J connectivity index is 1.28. The lowest BCUT2D eigenvalue weighted by Gasteiger charge is -2.35. The lowest BCUT2D eigenvalue weighted by molar-refractivity contribution is 0.0852. The fourth-order valence-corrected chi connectivity index (χ4v) is 4.07. The molecule has 0 spiro atoms. The van der Waals surface area contributed by atoms with Gasteiger partial charge in [-0.15, -0.1) is 10.2 Å². The van der Waals surface area contributed by atoms with Crippen LogP contribution in [0.4, 0.5) is 4.39 Å². The summed E-state index contributed by atoms with van der Waals surface area (Å²) in [5.41, 5.74) is 1.17. The highest BCUT2D eigenvalue weighted by atomic mass is 32.1. The predicted octanol–water partition coefficient (Wildman–Crippen LogP) is 3.14. The Hall–Kier alpha value is -2.65. The first-order chi connectivity index (χ1) is 13.5. The van der Waals surface area contributed by atoms with Crippen LogP contribution in [-0.4, -0.2) is 32.4 Å². The summed E-state index contributed by atoms with van der Waals surface area (Å²) >= 11 is 1.43. The van der Waals surface area contributed by atoms with Crippen LogP contribution in [0.2, 0.25) is 0 Å². The quantitative estimate of drug-likeness (QED) is 0.657. The lowest BCUT2D eigenvalue weighted by atomic mass is 9.78. The van der Waals surface area contributed by atoms with E-state index in [1.807, 2.05) is 0 Å². The monoisotopic (exact) mass is 402 g/mol. The highest BCUT2D eigenvalue weighted by molar-refractivity contribution is 7.11. The summed E-state index contributed by atoms with van der Waals surface area (Å²) in [5.74, 6) is -0.0740. The molecule has 2 N–H and O–H groups in total. The van der Waals surface area contributed by atoms with Crippen molar-refractivity contribution in [2.75, 3.05) is 0 Å². The zero-order valence-corrected chi connectivity index (χ0v) is 15.9. The average molecular weight is 402 g/mol. The van der Waals surface area contributed by atoms with Gasteiger partial charge in [0.15, 0.2) is 0 Å². The first-order valence-electron chi connectivity index (χ1n) is 9.02. The molecule has 1 aliphatic rings. The molecule has 9 heteroatoms. The van der Waals surface area contributed by atoms with Gasteiger partial charge in [0.05, 0.1) is 0 Å². The Morgan fingerprint density at radius 2 is 2.11 bits per heavy atom. The fourth-order valence-electron chi connectivity index (χ4n) is 3.18. The number of halogens is 1. The van der Waals surface area contributed by atoms with Gasteiger partial charge in [-0.2, -0.15) is 0 Å². The van der Waals surface area contributed by atoms with E-state index in [1.54, 1.807) is 25.1 Å². The van der Waals surface area contributed by atoms with Crippen LogP contribution in [0.3, 0.4) is 0 Å². The number of amides is 1. The SMILES string of the molecule is CC(O)c1nnc(CC2CC(NC(=O)c3cc(-c4ccc(F)cc4)no3)C2)s1. The van der Waals surface area contributed by atoms with Gasteiger partial charge >= 0.3 is 0 Å². The predicted molar refractivity (Wildman–Crippen MR) is 100 cm³/mol. The molecule has 0 saturated heterocycles. The maximum absolute atomic E-state index is 13.0. The fraction of sp³-hybridized carbons (Fsp3) is 0.368. The van der Waals surface area contributed by atoms with Gasteiger partial charge in [0.25, 0.3) is 5.91 Å². The molecule has 1 aliphatic carbocycles. The maximum Gasteiger partial charge on any atom is 0.290 e. The maximum atomic E-state index is 13.0. The molecule has 1 amide bonds. The number of hydrogen-bond acceptors (Lipinski definition) is 7. The van der Waals surface area contributed by atoms with Crippen molar-refractivity contribution in [3.05, 3.63) is 51.9 Å². The van der Waals surface area contributed by atoms with Gasteiger partial charge in [0.2, 0.25) is 5.76 Å². The van der Waals surface area contributed by atoms with Crippen LogP contribution < -0.4 is 5.32 Å². The molecule has 146 valence electrons. The topological polar surface area (TPSA) is 101 Å². The van der Waals surface area contributed by atoms with Crippen LogP contribution in [0.25, 0.3) is 11.3 Å². The molecule has 1 atom stereocenters. The minimum atomic E-state index is -0.596. The molecule has 0 bridgehead atoms. The van der Waals surface area contributed by atoms with Crippen LogP contribution in [-0.2, 0) is 6.42 Å². The van der Waals surface area contributed by atoms with E-state index in [0.717, 1.165) is 24.3 Å². The normalized spacial score (nSPS) is 19.8. The van der Waals surface area contributed by atoms with E-state index < -0.39 is 6.10 Å². The Morgan fingerprint density at radius 3 is 2.79 bits per heavy atom. The molecule has 1 unspecified atom stereocenters. The van der Waals surface area contributed by atoms with Crippen molar-refractivity contribution < 1.29 is 18.8 Å². The summed E-state index contributed by atoms with van der Waals surface area (Å²) in [6, 6.07) is 7.48. The third kappa shape index (κ3) is 4.10. The second-order valence-corrected chi connectivity index (χ2v) is 8.10. The van der Waals surface area contributed by atoms with Gasteiger partial charge in [-0.25, -0.2) is 4.39 Å². The summed E-state index contributed by atoms with van der Waals surface area (Å²) in [5, 5.41) is 25.9. The molecule has 0 aliphatic heterocycles. The van der Waals surface area contributed by atoms with Crippen LogP contribution >= 0.6 is 11.3 Å². The first-order valence-corrected chi connectivity index (χ1v) is 9.83. The number of nitrogens with one attached hydrogen (secondary N) is 1. The number of aliphatic hydroxyl groups is 1. The molecule has 1 fully saturated rings. The lowest BCUT2D eigenvalue weighted by Crippen LogP contribution is -2.44. The van der Waals surface area contributed by atoms with Crippen molar-refractivity contribution in [2.45, 2.75) is 38.3 Å². The molecule has 2 aromatic heterocycles. The van der Waals surface area contributed by atoms with E-state index in [1.165, 1.54) is 23.5 Å². The molecule has 3 aromatic rings. The number of carbonyl (C=O) groups is 1. The largest absolute Gasteiger partial charge is 0.386 e. The Bertz CT molecular complexity index is 964. The van der Waals surface area contributed by atoms with Gasteiger partial charge in [0.1, 0.15) is 27.6 Å². The number of carbonyl (C=O) groups excluding carboxylic acids is 1. The van der Waals surface area contributed by atoms with Gasteiger partial charge in [-0.3, -0.25) is 4.79 Å². The molecule has 7 nitrogen and oxygen atoms in total. The third-order valence-corrected chi connectivity index (χ3v) is 5.86. The van der Waals surface area contributed by atoms with Crippen molar-refractivity contribution in [2.24, 2.45) is 5.92 Å². The zero-order chi connectivity index (χ0) is 19.7. The first kappa shape index (κ1) is 18.7. The Kier molecular flexibility index (Phi) is 5.19. The summed E-state index contributed by atoms with van der Waals surface area (Å²) in [6.45, 7) is 1.67. The van der Waals surface area contributed by atoms with Crippen LogP contribution in [0.15, 0.2) is 34.9 Å². The van der Waals surface area contributed by atoms with E-state index in [0.29, 0.717) is 22.2 Å². The van der Waals surface area contributed by atoms with Crippen LogP contribution in [0.1, 0.15) is 46.4 Å². The zero-order valence-electron chi connectivity index (χ0n) is 15.1. The minimum Gasteiger partial charge on any atom is -0.386 e. The molecule has 1 aromatic carbocycles. The summed E-state index contributed by atoms with van der Waals surface area (Å²) in [6.07, 6.45) is 1.91. The Morgan fingerprint density at radius 1 is 1.36 bits per heavy atom. The number of hydrogen-bond donors (Lipinski definition) is 2. The number of rotatable bonds is 6. The molecule has 28 heavy (non-hydrogen) atoms. The van der Waals surface area contributed by atoms with E-state index in [4.69, 9.17) is 4.52 Å².